The van der Waals surface area contributed by atoms with E-state index >= 15 is 0 Å². The molecule has 2 atom stereocenters. The van der Waals surface area contributed by atoms with Crippen LogP contribution in [0.1, 0.15) is 24.3 Å². The topological polar surface area (TPSA) is 79.9 Å². The van der Waals surface area contributed by atoms with Crippen LogP contribution in [0, 0.1) is 0 Å². The maximum Gasteiger partial charge on any atom is 0.147 e. The van der Waals surface area contributed by atoms with E-state index in [2.05, 4.69) is 10.5 Å². The van der Waals surface area contributed by atoms with Crippen LogP contribution < -0.4 is 11.1 Å². The molecule has 2 rings (SSSR count). The molecule has 0 spiro atoms. The Labute approximate surface area is 113 Å². The Kier molecular flexibility index (Phi) is 5.18. The van der Waals surface area contributed by atoms with Crippen molar-refractivity contribution in [2.75, 3.05) is 19.7 Å². The average molecular weight is 263 g/mol. The first-order valence-corrected chi connectivity index (χ1v) is 6.66. The van der Waals surface area contributed by atoms with Crippen LogP contribution in [0.2, 0.25) is 0 Å². The second kappa shape index (κ2) is 7.11. The number of hydrogen-bond donors (Lipinski definition) is 3. The Morgan fingerprint density at radius 2 is 2.26 bits per heavy atom. The summed E-state index contributed by atoms with van der Waals surface area (Å²) in [6.07, 6.45) is 2.53. The first kappa shape index (κ1) is 13.8. The molecule has 1 aromatic rings. The zero-order chi connectivity index (χ0) is 13.5. The lowest BCUT2D eigenvalue weighted by Gasteiger charge is -2.18. The lowest BCUT2D eigenvalue weighted by Crippen LogP contribution is -2.35. The van der Waals surface area contributed by atoms with Crippen LogP contribution in [-0.2, 0) is 4.74 Å². The summed E-state index contributed by atoms with van der Waals surface area (Å²) in [6, 6.07) is 9.82. The summed E-state index contributed by atoms with van der Waals surface area (Å²) in [7, 11) is 0. The summed E-state index contributed by atoms with van der Waals surface area (Å²) in [6.45, 7) is 2.30. The smallest absolute Gasteiger partial charge is 0.147 e. The molecule has 1 saturated heterocycles. The van der Waals surface area contributed by atoms with Gasteiger partial charge in [-0.15, -0.1) is 0 Å². The zero-order valence-corrected chi connectivity index (χ0v) is 11.0. The maximum atomic E-state index is 8.89. The van der Waals surface area contributed by atoms with Crippen LogP contribution in [0.15, 0.2) is 35.5 Å². The van der Waals surface area contributed by atoms with E-state index in [1.807, 2.05) is 30.3 Å². The van der Waals surface area contributed by atoms with E-state index in [-0.39, 0.29) is 11.8 Å². The second-order valence-corrected chi connectivity index (χ2v) is 4.78. The largest absolute Gasteiger partial charge is 0.409 e. The molecular formula is C14H21N3O2. The molecule has 1 aliphatic heterocycles. The summed E-state index contributed by atoms with van der Waals surface area (Å²) < 4.78 is 5.55. The summed E-state index contributed by atoms with van der Waals surface area (Å²) in [5.74, 6) is 0.110. The Bertz CT molecular complexity index is 402. The van der Waals surface area contributed by atoms with E-state index in [1.54, 1.807) is 0 Å². The van der Waals surface area contributed by atoms with E-state index in [0.717, 1.165) is 31.6 Å². The van der Waals surface area contributed by atoms with Crippen molar-refractivity contribution < 1.29 is 9.94 Å². The monoisotopic (exact) mass is 263 g/mol. The van der Waals surface area contributed by atoms with E-state index < -0.39 is 0 Å². The van der Waals surface area contributed by atoms with Gasteiger partial charge in [-0.1, -0.05) is 35.5 Å². The Balaban J connectivity index is 1.91. The first-order valence-electron chi connectivity index (χ1n) is 6.66. The Morgan fingerprint density at radius 3 is 2.89 bits per heavy atom. The number of oxime groups is 1. The lowest BCUT2D eigenvalue weighted by molar-refractivity contribution is 0.110. The summed E-state index contributed by atoms with van der Waals surface area (Å²) in [5.41, 5.74) is 6.81. The molecule has 1 heterocycles. The van der Waals surface area contributed by atoms with Gasteiger partial charge in [0.2, 0.25) is 0 Å². The number of amidine groups is 1. The third-order valence-electron chi connectivity index (χ3n) is 3.42. The molecule has 0 amide bonds. The highest BCUT2D eigenvalue weighted by Crippen LogP contribution is 2.15. The fourth-order valence-electron chi connectivity index (χ4n) is 2.34. The maximum absolute atomic E-state index is 8.89. The number of hydrogen-bond acceptors (Lipinski definition) is 4. The SMILES string of the molecule is NC(=NO)C(CNCC1CCCO1)c1ccccc1. The molecule has 19 heavy (non-hydrogen) atoms. The highest BCUT2D eigenvalue weighted by atomic mass is 16.5. The molecule has 5 heteroatoms. The molecule has 1 fully saturated rings. The van der Waals surface area contributed by atoms with E-state index in [1.165, 1.54) is 0 Å². The van der Waals surface area contributed by atoms with Gasteiger partial charge in [0.1, 0.15) is 5.84 Å². The van der Waals surface area contributed by atoms with Crippen LogP contribution in [0.4, 0.5) is 0 Å². The molecule has 4 N–H and O–H groups in total. The molecule has 0 aromatic heterocycles. The van der Waals surface area contributed by atoms with Crippen molar-refractivity contribution >= 4 is 5.84 Å². The van der Waals surface area contributed by atoms with Crippen LogP contribution in [0.3, 0.4) is 0 Å². The lowest BCUT2D eigenvalue weighted by atomic mass is 9.98. The van der Waals surface area contributed by atoms with Gasteiger partial charge in [-0.2, -0.15) is 0 Å². The Hall–Kier alpha value is -1.59. The summed E-state index contributed by atoms with van der Waals surface area (Å²) >= 11 is 0. The number of ether oxygens (including phenoxy) is 1. The molecule has 0 aliphatic carbocycles. The van der Waals surface area contributed by atoms with E-state index in [4.69, 9.17) is 15.7 Å². The predicted molar refractivity (Wildman–Crippen MR) is 74.4 cm³/mol. The third kappa shape index (κ3) is 3.94. The normalized spacial score (nSPS) is 21.5. The quantitative estimate of drug-likeness (QED) is 0.313. The minimum absolute atomic E-state index is 0.118. The van der Waals surface area contributed by atoms with Crippen molar-refractivity contribution in [3.8, 4) is 0 Å². The molecule has 0 saturated carbocycles. The zero-order valence-electron chi connectivity index (χ0n) is 11.0. The van der Waals surface area contributed by atoms with Gasteiger partial charge < -0.3 is 21.0 Å². The highest BCUT2D eigenvalue weighted by molar-refractivity contribution is 5.87. The molecule has 5 nitrogen and oxygen atoms in total. The molecule has 0 radical (unpaired) electrons. The molecule has 2 unspecified atom stereocenters. The van der Waals surface area contributed by atoms with Gasteiger partial charge in [0.15, 0.2) is 0 Å². The van der Waals surface area contributed by atoms with Gasteiger partial charge in [-0.3, -0.25) is 0 Å². The van der Waals surface area contributed by atoms with Crippen molar-refractivity contribution in [3.05, 3.63) is 35.9 Å². The average Bonchev–Trinajstić information content (AvgIpc) is 2.97. The van der Waals surface area contributed by atoms with Gasteiger partial charge in [0, 0.05) is 19.7 Å². The van der Waals surface area contributed by atoms with Crippen LogP contribution >= 0.6 is 0 Å². The van der Waals surface area contributed by atoms with Crippen molar-refractivity contribution in [1.82, 2.24) is 5.32 Å². The van der Waals surface area contributed by atoms with E-state index in [9.17, 15) is 0 Å². The van der Waals surface area contributed by atoms with Gasteiger partial charge in [0.05, 0.1) is 12.0 Å². The van der Waals surface area contributed by atoms with Crippen molar-refractivity contribution in [1.29, 1.82) is 0 Å². The molecule has 1 aromatic carbocycles. The van der Waals surface area contributed by atoms with Crippen molar-refractivity contribution in [3.63, 3.8) is 0 Å². The van der Waals surface area contributed by atoms with Gasteiger partial charge in [-0.25, -0.2) is 0 Å². The summed E-state index contributed by atoms with van der Waals surface area (Å²) in [4.78, 5) is 0. The third-order valence-corrected chi connectivity index (χ3v) is 3.42. The van der Waals surface area contributed by atoms with Crippen LogP contribution in [-0.4, -0.2) is 36.8 Å². The highest BCUT2D eigenvalue weighted by Gasteiger charge is 2.19. The molecule has 0 bridgehead atoms. The van der Waals surface area contributed by atoms with Gasteiger partial charge >= 0.3 is 0 Å². The minimum Gasteiger partial charge on any atom is -0.409 e. The van der Waals surface area contributed by atoms with Gasteiger partial charge in [0.25, 0.3) is 0 Å². The van der Waals surface area contributed by atoms with E-state index in [0.29, 0.717) is 12.6 Å². The van der Waals surface area contributed by atoms with Crippen molar-refractivity contribution in [2.45, 2.75) is 24.9 Å². The first-order chi connectivity index (χ1) is 9.31. The minimum atomic E-state index is -0.118. The number of rotatable bonds is 6. The number of nitrogens with one attached hydrogen (secondary N) is 1. The van der Waals surface area contributed by atoms with Crippen LogP contribution in [0.25, 0.3) is 0 Å². The standard InChI is InChI=1S/C14H21N3O2/c15-14(17-18)13(11-5-2-1-3-6-11)10-16-9-12-7-4-8-19-12/h1-3,5-6,12-13,16,18H,4,7-10H2,(H2,15,17). The Morgan fingerprint density at radius 1 is 1.47 bits per heavy atom. The molecule has 1 aliphatic rings. The molecular weight excluding hydrogens is 242 g/mol. The van der Waals surface area contributed by atoms with Crippen molar-refractivity contribution in [2.24, 2.45) is 10.9 Å². The van der Waals surface area contributed by atoms with Crippen LogP contribution in [0.5, 0.6) is 0 Å². The number of nitrogens with zero attached hydrogens (tertiary/aromatic N) is 1. The fraction of sp³-hybridized carbons (Fsp3) is 0.500. The number of benzene rings is 1. The molecule has 104 valence electrons. The fourth-order valence-corrected chi connectivity index (χ4v) is 2.34. The number of nitrogens with two attached hydrogens (primary N) is 1. The second-order valence-electron chi connectivity index (χ2n) is 4.78. The van der Waals surface area contributed by atoms with Gasteiger partial charge in [-0.05, 0) is 18.4 Å². The summed E-state index contributed by atoms with van der Waals surface area (Å²) in [5, 5.41) is 15.4. The predicted octanol–water partition coefficient (Wildman–Crippen LogP) is 1.29.